The predicted octanol–water partition coefficient (Wildman–Crippen LogP) is 4.22. The highest BCUT2D eigenvalue weighted by Gasteiger charge is 2.30. The fraction of sp³-hybridized carbons (Fsp3) is 0.941. The molecule has 0 aromatic carbocycles. The molecular weight excluding hydrogens is 232 g/mol. The standard InChI is InChI=1S/C17H30N2/c1-17(2,14-18)10-5-6-11-19-12-9-15-7-3-4-8-16(15)13-19/h15-16H,3-13H2,1-2H3. The smallest absolute Gasteiger partial charge is 0.0683 e. The van der Waals surface area contributed by atoms with Crippen molar-refractivity contribution in [2.24, 2.45) is 17.3 Å². The van der Waals surface area contributed by atoms with Gasteiger partial charge < -0.3 is 4.90 Å². The predicted molar refractivity (Wildman–Crippen MR) is 79.8 cm³/mol. The van der Waals surface area contributed by atoms with Crippen molar-refractivity contribution in [2.45, 2.75) is 65.2 Å². The van der Waals surface area contributed by atoms with Gasteiger partial charge in [0.2, 0.25) is 0 Å². The average Bonchev–Trinajstić information content (AvgIpc) is 2.43. The van der Waals surface area contributed by atoms with Crippen LogP contribution in [0.15, 0.2) is 0 Å². The minimum absolute atomic E-state index is 0.129. The minimum atomic E-state index is -0.129. The summed E-state index contributed by atoms with van der Waals surface area (Å²) >= 11 is 0. The molecule has 1 saturated heterocycles. The molecule has 108 valence electrons. The maximum absolute atomic E-state index is 9.01. The monoisotopic (exact) mass is 262 g/mol. The fourth-order valence-electron chi connectivity index (χ4n) is 3.84. The molecule has 0 aromatic rings. The molecule has 2 aliphatic rings. The van der Waals surface area contributed by atoms with E-state index in [1.54, 1.807) is 0 Å². The van der Waals surface area contributed by atoms with E-state index >= 15 is 0 Å². The van der Waals surface area contributed by atoms with E-state index < -0.39 is 0 Å². The van der Waals surface area contributed by atoms with Crippen molar-refractivity contribution in [3.05, 3.63) is 0 Å². The molecule has 0 aromatic heterocycles. The SMILES string of the molecule is CC(C)(C#N)CCCCN1CCC2CCCCC2C1. The van der Waals surface area contributed by atoms with Gasteiger partial charge in [-0.25, -0.2) is 0 Å². The van der Waals surface area contributed by atoms with Crippen LogP contribution in [0.5, 0.6) is 0 Å². The van der Waals surface area contributed by atoms with Crippen molar-refractivity contribution in [2.75, 3.05) is 19.6 Å². The summed E-state index contributed by atoms with van der Waals surface area (Å²) in [7, 11) is 0. The third-order valence-electron chi connectivity index (χ3n) is 5.20. The zero-order valence-corrected chi connectivity index (χ0v) is 12.8. The maximum atomic E-state index is 9.01. The summed E-state index contributed by atoms with van der Waals surface area (Å²) in [4.78, 5) is 2.69. The normalized spacial score (nSPS) is 28.7. The third kappa shape index (κ3) is 4.49. The average molecular weight is 262 g/mol. The first-order chi connectivity index (χ1) is 9.11. The van der Waals surface area contributed by atoms with Gasteiger partial charge in [0.25, 0.3) is 0 Å². The summed E-state index contributed by atoms with van der Waals surface area (Å²) in [6, 6.07) is 2.40. The molecule has 1 heterocycles. The fourth-order valence-corrected chi connectivity index (χ4v) is 3.84. The Morgan fingerprint density at radius 3 is 2.58 bits per heavy atom. The van der Waals surface area contributed by atoms with E-state index in [4.69, 9.17) is 5.26 Å². The molecular formula is C17H30N2. The molecule has 0 spiro atoms. The molecule has 19 heavy (non-hydrogen) atoms. The van der Waals surface area contributed by atoms with Crippen molar-refractivity contribution < 1.29 is 0 Å². The lowest BCUT2D eigenvalue weighted by Gasteiger charge is -2.41. The van der Waals surface area contributed by atoms with Crippen LogP contribution in [0, 0.1) is 28.6 Å². The molecule has 1 aliphatic carbocycles. The number of hydrogen-bond donors (Lipinski definition) is 0. The first kappa shape index (κ1) is 14.9. The Balaban J connectivity index is 1.63. The minimum Gasteiger partial charge on any atom is -0.303 e. The van der Waals surface area contributed by atoms with Crippen molar-refractivity contribution in [1.29, 1.82) is 5.26 Å². The molecule has 2 nitrogen and oxygen atoms in total. The molecule has 0 amide bonds. The van der Waals surface area contributed by atoms with E-state index in [0.717, 1.165) is 18.3 Å². The van der Waals surface area contributed by atoms with Crippen LogP contribution in [-0.2, 0) is 0 Å². The highest BCUT2D eigenvalue weighted by Crippen LogP contribution is 2.36. The molecule has 0 bridgehead atoms. The van der Waals surface area contributed by atoms with Gasteiger partial charge in [-0.2, -0.15) is 5.26 Å². The third-order valence-corrected chi connectivity index (χ3v) is 5.20. The maximum Gasteiger partial charge on any atom is 0.0683 e. The second-order valence-corrected chi connectivity index (χ2v) is 7.35. The molecule has 2 unspecified atom stereocenters. The Labute approximate surface area is 119 Å². The van der Waals surface area contributed by atoms with Crippen LogP contribution in [0.4, 0.5) is 0 Å². The van der Waals surface area contributed by atoms with Crippen molar-refractivity contribution in [1.82, 2.24) is 4.90 Å². The van der Waals surface area contributed by atoms with Crippen molar-refractivity contribution in [3.8, 4) is 6.07 Å². The van der Waals surface area contributed by atoms with Crippen LogP contribution >= 0.6 is 0 Å². The topological polar surface area (TPSA) is 27.0 Å². The van der Waals surface area contributed by atoms with Gasteiger partial charge in [0, 0.05) is 6.54 Å². The number of rotatable bonds is 5. The van der Waals surface area contributed by atoms with E-state index in [1.165, 1.54) is 64.6 Å². The Morgan fingerprint density at radius 1 is 1.11 bits per heavy atom. The Hall–Kier alpha value is -0.550. The molecule has 0 radical (unpaired) electrons. The second-order valence-electron chi connectivity index (χ2n) is 7.35. The lowest BCUT2D eigenvalue weighted by molar-refractivity contribution is 0.0853. The second kappa shape index (κ2) is 6.75. The zero-order valence-electron chi connectivity index (χ0n) is 12.8. The van der Waals surface area contributed by atoms with E-state index in [1.807, 2.05) is 0 Å². The Kier molecular flexibility index (Phi) is 5.28. The van der Waals surface area contributed by atoms with Crippen molar-refractivity contribution >= 4 is 0 Å². The van der Waals surface area contributed by atoms with E-state index in [9.17, 15) is 0 Å². The van der Waals surface area contributed by atoms with Gasteiger partial charge in [-0.15, -0.1) is 0 Å². The van der Waals surface area contributed by atoms with E-state index in [-0.39, 0.29) is 5.41 Å². The molecule has 2 atom stereocenters. The lowest BCUT2D eigenvalue weighted by atomic mass is 9.75. The summed E-state index contributed by atoms with van der Waals surface area (Å²) in [5, 5.41) is 9.01. The van der Waals surface area contributed by atoms with Crippen LogP contribution in [0.1, 0.15) is 65.2 Å². The van der Waals surface area contributed by atoms with E-state index in [2.05, 4.69) is 24.8 Å². The molecule has 2 heteroatoms. The van der Waals surface area contributed by atoms with E-state index in [0.29, 0.717) is 0 Å². The quantitative estimate of drug-likeness (QED) is 0.694. The lowest BCUT2D eigenvalue weighted by Crippen LogP contribution is -2.42. The summed E-state index contributed by atoms with van der Waals surface area (Å²) in [5.74, 6) is 2.04. The van der Waals surface area contributed by atoms with Crippen LogP contribution in [0.25, 0.3) is 0 Å². The van der Waals surface area contributed by atoms with Gasteiger partial charge in [0.1, 0.15) is 0 Å². The highest BCUT2D eigenvalue weighted by atomic mass is 15.1. The van der Waals surface area contributed by atoms with Gasteiger partial charge >= 0.3 is 0 Å². The Bertz CT molecular complexity index is 316. The number of unbranched alkanes of at least 4 members (excludes halogenated alkanes) is 1. The molecule has 2 rings (SSSR count). The summed E-state index contributed by atoms with van der Waals surface area (Å²) in [6.07, 6.45) is 10.9. The number of nitrogens with zero attached hydrogens (tertiary/aromatic N) is 2. The van der Waals surface area contributed by atoms with Gasteiger partial charge in [-0.3, -0.25) is 0 Å². The van der Waals surface area contributed by atoms with Gasteiger partial charge in [0.05, 0.1) is 11.5 Å². The summed E-state index contributed by atoms with van der Waals surface area (Å²) < 4.78 is 0. The molecule has 1 saturated carbocycles. The van der Waals surface area contributed by atoms with Crippen LogP contribution in [0.2, 0.25) is 0 Å². The molecule has 0 N–H and O–H groups in total. The number of likely N-dealkylation sites (tertiary alicyclic amines) is 1. The first-order valence-electron chi connectivity index (χ1n) is 8.24. The van der Waals surface area contributed by atoms with Crippen molar-refractivity contribution in [3.63, 3.8) is 0 Å². The molecule has 1 aliphatic heterocycles. The van der Waals surface area contributed by atoms with Crippen LogP contribution in [0.3, 0.4) is 0 Å². The Morgan fingerprint density at radius 2 is 1.84 bits per heavy atom. The number of fused-ring (bicyclic) bond motifs is 1. The summed E-state index contributed by atoms with van der Waals surface area (Å²) in [6.45, 7) is 8.04. The summed E-state index contributed by atoms with van der Waals surface area (Å²) in [5.41, 5.74) is -0.129. The first-order valence-corrected chi connectivity index (χ1v) is 8.24. The highest BCUT2D eigenvalue weighted by molar-refractivity contribution is 4.91. The molecule has 2 fully saturated rings. The van der Waals surface area contributed by atoms with Crippen LogP contribution < -0.4 is 0 Å². The number of hydrogen-bond acceptors (Lipinski definition) is 2. The van der Waals surface area contributed by atoms with Gasteiger partial charge in [-0.1, -0.05) is 25.7 Å². The van der Waals surface area contributed by atoms with Gasteiger partial charge in [0.15, 0.2) is 0 Å². The number of nitriles is 1. The zero-order chi connectivity index (χ0) is 13.7. The largest absolute Gasteiger partial charge is 0.303 e. The van der Waals surface area contributed by atoms with Gasteiger partial charge in [-0.05, 0) is 64.5 Å². The van der Waals surface area contributed by atoms with Crippen LogP contribution in [-0.4, -0.2) is 24.5 Å². The number of piperidine rings is 1.